The predicted molar refractivity (Wildman–Crippen MR) is 58.4 cm³/mol. The summed E-state index contributed by atoms with van der Waals surface area (Å²) >= 11 is 0. The average molecular weight is 221 g/mol. The third-order valence-electron chi connectivity index (χ3n) is 2.73. The first kappa shape index (κ1) is 10.9. The van der Waals surface area contributed by atoms with Crippen molar-refractivity contribution in [3.8, 4) is 11.6 Å². The Hall–Kier alpha value is -1.62. The highest BCUT2D eigenvalue weighted by molar-refractivity contribution is 5.44. The Balaban J connectivity index is 2.20. The van der Waals surface area contributed by atoms with Gasteiger partial charge in [-0.1, -0.05) is 25.4 Å². The Morgan fingerprint density at radius 3 is 2.94 bits per heavy atom. The summed E-state index contributed by atoms with van der Waals surface area (Å²) in [4.78, 5) is 4.23. The van der Waals surface area contributed by atoms with Gasteiger partial charge in [-0.25, -0.2) is 0 Å². The van der Waals surface area contributed by atoms with Crippen LogP contribution in [0.4, 0.5) is 0 Å². The van der Waals surface area contributed by atoms with Crippen LogP contribution in [-0.2, 0) is 0 Å². The molecule has 2 aromatic heterocycles. The van der Waals surface area contributed by atoms with Gasteiger partial charge < -0.3 is 14.7 Å². The van der Waals surface area contributed by atoms with E-state index >= 15 is 0 Å². The molecule has 0 aliphatic carbocycles. The number of rotatable bonds is 4. The van der Waals surface area contributed by atoms with Gasteiger partial charge in [-0.3, -0.25) is 0 Å². The summed E-state index contributed by atoms with van der Waals surface area (Å²) in [5.74, 6) is 1.80. The van der Waals surface area contributed by atoms with Gasteiger partial charge in [0.1, 0.15) is 0 Å². The van der Waals surface area contributed by atoms with Crippen molar-refractivity contribution < 1.29 is 8.94 Å². The molecule has 2 heterocycles. The second-order valence-electron chi connectivity index (χ2n) is 3.84. The molecule has 2 aromatic rings. The van der Waals surface area contributed by atoms with Crippen LogP contribution >= 0.6 is 0 Å². The van der Waals surface area contributed by atoms with Crippen LogP contribution in [0.1, 0.15) is 32.2 Å². The number of nitrogens with two attached hydrogens (primary N) is 1. The van der Waals surface area contributed by atoms with Crippen molar-refractivity contribution >= 4 is 0 Å². The van der Waals surface area contributed by atoms with Crippen LogP contribution in [0, 0.1) is 5.92 Å². The molecule has 0 saturated carbocycles. The molecule has 0 aliphatic heterocycles. The highest BCUT2D eigenvalue weighted by Gasteiger charge is 2.21. The van der Waals surface area contributed by atoms with E-state index < -0.39 is 0 Å². The van der Waals surface area contributed by atoms with Crippen LogP contribution in [0.2, 0.25) is 0 Å². The molecule has 2 N–H and O–H groups in total. The molecule has 0 bridgehead atoms. The van der Waals surface area contributed by atoms with Gasteiger partial charge >= 0.3 is 0 Å². The van der Waals surface area contributed by atoms with E-state index in [1.165, 1.54) is 0 Å². The number of hydrogen-bond donors (Lipinski definition) is 1. The minimum Gasteiger partial charge on any atom is -0.461 e. The lowest BCUT2D eigenvalue weighted by atomic mass is 10.0. The summed E-state index contributed by atoms with van der Waals surface area (Å²) in [6.07, 6.45) is 2.54. The normalized spacial score (nSPS) is 14.9. The van der Waals surface area contributed by atoms with Crippen molar-refractivity contribution in [2.45, 2.75) is 26.3 Å². The summed E-state index contributed by atoms with van der Waals surface area (Å²) in [5.41, 5.74) is 5.99. The van der Waals surface area contributed by atoms with Crippen molar-refractivity contribution in [2.75, 3.05) is 0 Å². The zero-order valence-corrected chi connectivity index (χ0v) is 9.38. The van der Waals surface area contributed by atoms with E-state index in [1.807, 2.05) is 0 Å². The fraction of sp³-hybridized carbons (Fsp3) is 0.455. The van der Waals surface area contributed by atoms with Crippen LogP contribution in [-0.4, -0.2) is 10.1 Å². The summed E-state index contributed by atoms with van der Waals surface area (Å²) in [5, 5.41) is 3.84. The maximum atomic E-state index is 5.99. The molecular weight excluding hydrogens is 206 g/mol. The van der Waals surface area contributed by atoms with Gasteiger partial charge in [0.25, 0.3) is 0 Å². The molecule has 0 radical (unpaired) electrons. The molecule has 0 fully saturated rings. The van der Waals surface area contributed by atoms with Crippen LogP contribution in [0.5, 0.6) is 0 Å². The standard InChI is InChI=1S/C11H15N3O2/c1-3-7(2)9(12)11-13-10(14-16-11)8-5-4-6-15-8/h4-7,9H,3,12H2,1-2H3. The minimum absolute atomic E-state index is 0.221. The lowest BCUT2D eigenvalue weighted by Gasteiger charge is -2.12. The Labute approximate surface area is 93.6 Å². The Morgan fingerprint density at radius 2 is 2.31 bits per heavy atom. The first-order chi connectivity index (χ1) is 7.72. The zero-order valence-electron chi connectivity index (χ0n) is 9.38. The second-order valence-corrected chi connectivity index (χ2v) is 3.84. The summed E-state index contributed by atoms with van der Waals surface area (Å²) < 4.78 is 10.3. The van der Waals surface area contributed by atoms with Crippen molar-refractivity contribution in [2.24, 2.45) is 11.7 Å². The van der Waals surface area contributed by atoms with E-state index in [0.717, 1.165) is 6.42 Å². The van der Waals surface area contributed by atoms with E-state index in [9.17, 15) is 0 Å². The summed E-state index contributed by atoms with van der Waals surface area (Å²) in [6, 6.07) is 3.34. The van der Waals surface area contributed by atoms with Crippen LogP contribution in [0.25, 0.3) is 11.6 Å². The molecule has 2 unspecified atom stereocenters. The highest BCUT2D eigenvalue weighted by atomic mass is 16.5. The van der Waals surface area contributed by atoms with Gasteiger partial charge in [-0.15, -0.1) is 0 Å². The topological polar surface area (TPSA) is 78.1 Å². The van der Waals surface area contributed by atoms with E-state index in [4.69, 9.17) is 14.7 Å². The van der Waals surface area contributed by atoms with Crippen molar-refractivity contribution in [1.29, 1.82) is 0 Å². The molecule has 5 nitrogen and oxygen atoms in total. The Bertz CT molecular complexity index is 436. The quantitative estimate of drug-likeness (QED) is 0.857. The van der Waals surface area contributed by atoms with Gasteiger partial charge in [0.05, 0.1) is 12.3 Å². The molecule has 0 aromatic carbocycles. The minimum atomic E-state index is -0.221. The van der Waals surface area contributed by atoms with Crippen molar-refractivity contribution in [3.63, 3.8) is 0 Å². The third kappa shape index (κ3) is 1.99. The Kier molecular flexibility index (Phi) is 3.05. The molecule has 2 atom stereocenters. The SMILES string of the molecule is CCC(C)C(N)c1nc(-c2ccco2)no1. The van der Waals surface area contributed by atoms with Crippen LogP contribution in [0.3, 0.4) is 0 Å². The number of furan rings is 1. The smallest absolute Gasteiger partial charge is 0.244 e. The summed E-state index contributed by atoms with van der Waals surface area (Å²) in [6.45, 7) is 4.13. The lowest BCUT2D eigenvalue weighted by Crippen LogP contribution is -2.18. The van der Waals surface area contributed by atoms with Crippen molar-refractivity contribution in [1.82, 2.24) is 10.1 Å². The van der Waals surface area contributed by atoms with Crippen LogP contribution < -0.4 is 5.73 Å². The molecule has 0 spiro atoms. The highest BCUT2D eigenvalue weighted by Crippen LogP contribution is 2.23. The predicted octanol–water partition coefficient (Wildman–Crippen LogP) is 2.38. The monoisotopic (exact) mass is 221 g/mol. The molecule has 5 heteroatoms. The second kappa shape index (κ2) is 4.49. The molecule has 0 aliphatic rings. The zero-order chi connectivity index (χ0) is 11.5. The average Bonchev–Trinajstić information content (AvgIpc) is 2.96. The molecule has 2 rings (SSSR count). The van der Waals surface area contributed by atoms with E-state index in [0.29, 0.717) is 23.4 Å². The van der Waals surface area contributed by atoms with E-state index in [2.05, 4.69) is 24.0 Å². The van der Waals surface area contributed by atoms with Crippen LogP contribution in [0.15, 0.2) is 27.3 Å². The Morgan fingerprint density at radius 1 is 1.50 bits per heavy atom. The number of aromatic nitrogens is 2. The maximum Gasteiger partial charge on any atom is 0.244 e. The van der Waals surface area contributed by atoms with E-state index in [1.54, 1.807) is 18.4 Å². The van der Waals surface area contributed by atoms with Gasteiger partial charge in [0.2, 0.25) is 11.7 Å². The molecular formula is C11H15N3O2. The van der Waals surface area contributed by atoms with Gasteiger partial charge in [-0.2, -0.15) is 4.98 Å². The summed E-state index contributed by atoms with van der Waals surface area (Å²) in [7, 11) is 0. The van der Waals surface area contributed by atoms with E-state index in [-0.39, 0.29) is 6.04 Å². The number of nitrogens with zero attached hydrogens (tertiary/aromatic N) is 2. The van der Waals surface area contributed by atoms with Gasteiger partial charge in [-0.05, 0) is 18.1 Å². The van der Waals surface area contributed by atoms with Gasteiger partial charge in [0, 0.05) is 0 Å². The molecule has 0 saturated heterocycles. The van der Waals surface area contributed by atoms with Crippen molar-refractivity contribution in [3.05, 3.63) is 24.3 Å². The third-order valence-corrected chi connectivity index (χ3v) is 2.73. The first-order valence-electron chi connectivity index (χ1n) is 5.35. The number of hydrogen-bond acceptors (Lipinski definition) is 5. The first-order valence-corrected chi connectivity index (χ1v) is 5.35. The fourth-order valence-electron chi connectivity index (χ4n) is 1.37. The lowest BCUT2D eigenvalue weighted by molar-refractivity contribution is 0.312. The maximum absolute atomic E-state index is 5.99. The largest absolute Gasteiger partial charge is 0.461 e. The molecule has 86 valence electrons. The van der Waals surface area contributed by atoms with Gasteiger partial charge in [0.15, 0.2) is 5.76 Å². The fourth-order valence-corrected chi connectivity index (χ4v) is 1.37. The molecule has 0 amide bonds. The molecule has 16 heavy (non-hydrogen) atoms.